The zero-order valence-corrected chi connectivity index (χ0v) is 15.6. The van der Waals surface area contributed by atoms with E-state index in [1.54, 1.807) is 47.6 Å². The van der Waals surface area contributed by atoms with Gasteiger partial charge in [-0.3, -0.25) is 9.78 Å². The molecular formula is C19H21N3O4S. The molecule has 1 amide bonds. The molecule has 0 bridgehead atoms. The summed E-state index contributed by atoms with van der Waals surface area (Å²) in [7, 11) is -3.58. The summed E-state index contributed by atoms with van der Waals surface area (Å²) >= 11 is 0. The molecule has 1 aromatic heterocycles. The van der Waals surface area contributed by atoms with Gasteiger partial charge >= 0.3 is 0 Å². The van der Waals surface area contributed by atoms with Crippen molar-refractivity contribution in [1.82, 2.24) is 9.29 Å². The van der Waals surface area contributed by atoms with Gasteiger partial charge in [0.1, 0.15) is 11.9 Å². The van der Waals surface area contributed by atoms with Crippen molar-refractivity contribution in [2.45, 2.75) is 30.3 Å². The molecule has 142 valence electrons. The molecule has 3 heterocycles. The molecule has 2 aliphatic heterocycles. The standard InChI is InChI=1S/C19H21N3O4S/c23-19-4-2-11-22(19)15-5-7-18(8-6-15)27(24,25)21-12-9-17(14-21)26-16-3-1-10-20-13-16/h1,3,5-8,10,13,17H,2,4,9,11-12,14H2/t17-/m1/s1. The fourth-order valence-electron chi connectivity index (χ4n) is 3.49. The maximum Gasteiger partial charge on any atom is 0.243 e. The van der Waals surface area contributed by atoms with Crippen LogP contribution in [-0.2, 0) is 14.8 Å². The number of hydrogen-bond donors (Lipinski definition) is 0. The first-order chi connectivity index (χ1) is 13.0. The average molecular weight is 387 g/mol. The predicted molar refractivity (Wildman–Crippen MR) is 100 cm³/mol. The van der Waals surface area contributed by atoms with E-state index in [1.165, 1.54) is 4.31 Å². The molecule has 2 aromatic rings. The van der Waals surface area contributed by atoms with Gasteiger partial charge in [0.05, 0.1) is 17.6 Å². The highest BCUT2D eigenvalue weighted by atomic mass is 32.2. The number of sulfonamides is 1. The topological polar surface area (TPSA) is 79.8 Å². The minimum absolute atomic E-state index is 0.0838. The Balaban J connectivity index is 1.44. The monoisotopic (exact) mass is 387 g/mol. The second kappa shape index (κ2) is 7.28. The van der Waals surface area contributed by atoms with Crippen LogP contribution in [0.5, 0.6) is 5.75 Å². The number of rotatable bonds is 5. The summed E-state index contributed by atoms with van der Waals surface area (Å²) in [5.74, 6) is 0.724. The quantitative estimate of drug-likeness (QED) is 0.784. The van der Waals surface area contributed by atoms with Crippen molar-refractivity contribution in [3.05, 3.63) is 48.8 Å². The number of amides is 1. The number of hydrogen-bond acceptors (Lipinski definition) is 5. The van der Waals surface area contributed by atoms with Gasteiger partial charge in [-0.2, -0.15) is 4.31 Å². The van der Waals surface area contributed by atoms with Crippen molar-refractivity contribution in [3.63, 3.8) is 0 Å². The third-order valence-corrected chi connectivity index (χ3v) is 6.78. The van der Waals surface area contributed by atoms with Crippen LogP contribution >= 0.6 is 0 Å². The molecule has 8 heteroatoms. The van der Waals surface area contributed by atoms with Gasteiger partial charge in [0.25, 0.3) is 0 Å². The molecule has 0 N–H and O–H groups in total. The molecule has 0 radical (unpaired) electrons. The van der Waals surface area contributed by atoms with Gasteiger partial charge in [-0.25, -0.2) is 8.42 Å². The summed E-state index contributed by atoms with van der Waals surface area (Å²) in [5.41, 5.74) is 0.746. The number of carbonyl (C=O) groups excluding carboxylic acids is 1. The molecule has 4 rings (SSSR count). The molecule has 0 saturated carbocycles. The van der Waals surface area contributed by atoms with Crippen LogP contribution in [0.25, 0.3) is 0 Å². The Bertz CT molecular complexity index is 916. The Morgan fingerprint density at radius 3 is 2.59 bits per heavy atom. The molecule has 27 heavy (non-hydrogen) atoms. The van der Waals surface area contributed by atoms with Crippen molar-refractivity contribution in [3.8, 4) is 5.75 Å². The molecule has 1 aromatic carbocycles. The zero-order valence-electron chi connectivity index (χ0n) is 14.8. The minimum atomic E-state index is -3.58. The van der Waals surface area contributed by atoms with Crippen LogP contribution in [0.1, 0.15) is 19.3 Å². The lowest BCUT2D eigenvalue weighted by Gasteiger charge is -2.19. The molecule has 2 saturated heterocycles. The Morgan fingerprint density at radius 2 is 1.93 bits per heavy atom. The van der Waals surface area contributed by atoms with E-state index in [9.17, 15) is 13.2 Å². The molecular weight excluding hydrogens is 366 g/mol. The first-order valence-electron chi connectivity index (χ1n) is 9.01. The van der Waals surface area contributed by atoms with Crippen LogP contribution < -0.4 is 9.64 Å². The molecule has 0 aliphatic carbocycles. The highest BCUT2D eigenvalue weighted by molar-refractivity contribution is 7.89. The summed E-state index contributed by atoms with van der Waals surface area (Å²) < 4.78 is 33.1. The van der Waals surface area contributed by atoms with Crippen molar-refractivity contribution in [2.75, 3.05) is 24.5 Å². The van der Waals surface area contributed by atoms with Gasteiger partial charge in [0, 0.05) is 31.4 Å². The number of anilines is 1. The van der Waals surface area contributed by atoms with E-state index in [-0.39, 0.29) is 16.9 Å². The maximum absolute atomic E-state index is 12.9. The van der Waals surface area contributed by atoms with E-state index in [1.807, 2.05) is 6.07 Å². The van der Waals surface area contributed by atoms with Crippen LogP contribution in [0, 0.1) is 0 Å². The van der Waals surface area contributed by atoms with Gasteiger partial charge in [-0.05, 0) is 49.2 Å². The van der Waals surface area contributed by atoms with E-state index in [2.05, 4.69) is 4.98 Å². The fourth-order valence-corrected chi connectivity index (χ4v) is 4.98. The SMILES string of the molecule is O=C1CCCN1c1ccc(S(=O)(=O)N2CC[C@@H](Oc3cccnc3)C2)cc1. The second-order valence-electron chi connectivity index (χ2n) is 6.72. The highest BCUT2D eigenvalue weighted by Gasteiger charge is 2.34. The van der Waals surface area contributed by atoms with Crippen LogP contribution in [0.3, 0.4) is 0 Å². The Kier molecular flexibility index (Phi) is 4.84. The number of nitrogens with zero attached hydrogens (tertiary/aromatic N) is 3. The fraction of sp³-hybridized carbons (Fsp3) is 0.368. The molecule has 2 fully saturated rings. The molecule has 2 aliphatic rings. The molecule has 0 spiro atoms. The lowest BCUT2D eigenvalue weighted by Crippen LogP contribution is -2.31. The third-order valence-electron chi connectivity index (χ3n) is 4.90. The normalized spacial score (nSPS) is 21.0. The van der Waals surface area contributed by atoms with Crippen LogP contribution in [-0.4, -0.2) is 49.4 Å². The van der Waals surface area contributed by atoms with Crippen molar-refractivity contribution < 1.29 is 17.9 Å². The van der Waals surface area contributed by atoms with E-state index >= 15 is 0 Å². The van der Waals surface area contributed by atoms with Gasteiger partial charge in [0.15, 0.2) is 0 Å². The third kappa shape index (κ3) is 3.68. The number of aromatic nitrogens is 1. The zero-order chi connectivity index (χ0) is 18.9. The van der Waals surface area contributed by atoms with Crippen molar-refractivity contribution >= 4 is 21.6 Å². The number of ether oxygens (including phenoxy) is 1. The lowest BCUT2D eigenvalue weighted by atomic mass is 10.3. The van der Waals surface area contributed by atoms with E-state index in [0.717, 1.165) is 12.1 Å². The van der Waals surface area contributed by atoms with Gasteiger partial charge in [-0.1, -0.05) is 0 Å². The average Bonchev–Trinajstić information content (AvgIpc) is 3.32. The molecule has 7 nitrogen and oxygen atoms in total. The van der Waals surface area contributed by atoms with Gasteiger partial charge in [-0.15, -0.1) is 0 Å². The van der Waals surface area contributed by atoms with Crippen LogP contribution in [0.15, 0.2) is 53.7 Å². The second-order valence-corrected chi connectivity index (χ2v) is 8.66. The summed E-state index contributed by atoms with van der Waals surface area (Å²) in [6, 6.07) is 10.1. The van der Waals surface area contributed by atoms with E-state index in [4.69, 9.17) is 4.74 Å². The van der Waals surface area contributed by atoms with Crippen molar-refractivity contribution in [1.29, 1.82) is 0 Å². The molecule has 0 unspecified atom stereocenters. The van der Waals surface area contributed by atoms with E-state index < -0.39 is 10.0 Å². The Morgan fingerprint density at radius 1 is 1.11 bits per heavy atom. The van der Waals surface area contributed by atoms with Crippen molar-refractivity contribution in [2.24, 2.45) is 0 Å². The lowest BCUT2D eigenvalue weighted by molar-refractivity contribution is -0.117. The summed E-state index contributed by atoms with van der Waals surface area (Å²) in [4.78, 5) is 17.8. The Labute approximate surface area is 158 Å². The summed E-state index contributed by atoms with van der Waals surface area (Å²) in [6.07, 6.45) is 5.11. The first-order valence-corrected chi connectivity index (χ1v) is 10.5. The van der Waals surface area contributed by atoms with E-state index in [0.29, 0.717) is 38.2 Å². The smallest absolute Gasteiger partial charge is 0.243 e. The summed E-state index contributed by atoms with van der Waals surface area (Å²) in [5, 5.41) is 0. The minimum Gasteiger partial charge on any atom is -0.487 e. The largest absolute Gasteiger partial charge is 0.487 e. The maximum atomic E-state index is 12.9. The van der Waals surface area contributed by atoms with Gasteiger partial charge in [0.2, 0.25) is 15.9 Å². The van der Waals surface area contributed by atoms with Crippen LogP contribution in [0.4, 0.5) is 5.69 Å². The highest BCUT2D eigenvalue weighted by Crippen LogP contribution is 2.27. The summed E-state index contributed by atoms with van der Waals surface area (Å²) in [6.45, 7) is 1.41. The predicted octanol–water partition coefficient (Wildman–Crippen LogP) is 2.05. The molecule has 1 atom stereocenters. The number of benzene rings is 1. The number of pyridine rings is 1. The van der Waals surface area contributed by atoms with Gasteiger partial charge < -0.3 is 9.64 Å². The van der Waals surface area contributed by atoms with Crippen LogP contribution in [0.2, 0.25) is 0 Å². The first kappa shape index (κ1) is 17.9. The number of carbonyl (C=O) groups is 1. The Hall–Kier alpha value is -2.45.